The van der Waals surface area contributed by atoms with Crippen molar-refractivity contribution in [3.63, 3.8) is 0 Å². The maximum absolute atomic E-state index is 10.3. The van der Waals surface area contributed by atoms with Crippen LogP contribution in [-0.4, -0.2) is 5.11 Å². The first kappa shape index (κ1) is 12.8. The molecular weight excluding hydrogens is 296 g/mol. The van der Waals surface area contributed by atoms with E-state index in [1.807, 2.05) is 24.3 Å². The lowest BCUT2D eigenvalue weighted by molar-refractivity contribution is 0.178. The van der Waals surface area contributed by atoms with E-state index in [4.69, 9.17) is 0 Å². The van der Waals surface area contributed by atoms with Gasteiger partial charge in [-0.15, -0.1) is 11.3 Å². The van der Waals surface area contributed by atoms with Gasteiger partial charge in [-0.2, -0.15) is 0 Å². The largest absolute Gasteiger partial charge is 0.388 e. The number of aliphatic hydroxyl groups excluding tert-OH is 1. The first-order valence-electron chi connectivity index (χ1n) is 5.70. The summed E-state index contributed by atoms with van der Waals surface area (Å²) in [4.78, 5) is 1.20. The molecular formula is C14H15BrOS. The highest BCUT2D eigenvalue weighted by Gasteiger charge is 2.12. The van der Waals surface area contributed by atoms with Crippen molar-refractivity contribution in [2.24, 2.45) is 0 Å². The molecule has 0 saturated carbocycles. The minimum Gasteiger partial charge on any atom is -0.388 e. The van der Waals surface area contributed by atoms with Gasteiger partial charge >= 0.3 is 0 Å². The van der Waals surface area contributed by atoms with E-state index < -0.39 is 6.10 Å². The van der Waals surface area contributed by atoms with E-state index in [2.05, 4.69) is 35.0 Å². The van der Waals surface area contributed by atoms with E-state index in [0.29, 0.717) is 6.42 Å². The quantitative estimate of drug-likeness (QED) is 0.890. The number of aliphatic hydroxyl groups is 1. The zero-order valence-electron chi connectivity index (χ0n) is 9.69. The zero-order valence-corrected chi connectivity index (χ0v) is 12.1. The van der Waals surface area contributed by atoms with Gasteiger partial charge in [0.1, 0.15) is 0 Å². The Bertz CT molecular complexity index is 492. The lowest BCUT2D eigenvalue weighted by Crippen LogP contribution is -2.03. The molecule has 0 aliphatic carbocycles. The van der Waals surface area contributed by atoms with Gasteiger partial charge in [-0.25, -0.2) is 0 Å². The van der Waals surface area contributed by atoms with Crippen LogP contribution in [0.15, 0.2) is 40.2 Å². The van der Waals surface area contributed by atoms with Gasteiger partial charge in [0, 0.05) is 11.3 Å². The third kappa shape index (κ3) is 3.18. The predicted octanol–water partition coefficient (Wildman–Crippen LogP) is 4.35. The molecule has 1 nitrogen and oxygen atoms in total. The molecule has 3 heteroatoms. The van der Waals surface area contributed by atoms with E-state index >= 15 is 0 Å². The van der Waals surface area contributed by atoms with E-state index in [9.17, 15) is 5.11 Å². The second kappa shape index (κ2) is 5.80. The number of hydrogen-bond acceptors (Lipinski definition) is 2. The average molecular weight is 311 g/mol. The van der Waals surface area contributed by atoms with Crippen LogP contribution in [-0.2, 0) is 12.8 Å². The molecule has 0 amide bonds. The van der Waals surface area contributed by atoms with Crippen molar-refractivity contribution < 1.29 is 5.11 Å². The molecule has 0 saturated heterocycles. The van der Waals surface area contributed by atoms with Crippen molar-refractivity contribution in [1.29, 1.82) is 0 Å². The molecule has 0 aliphatic rings. The molecule has 0 spiro atoms. The summed E-state index contributed by atoms with van der Waals surface area (Å²) in [5.41, 5.74) is 2.29. The average Bonchev–Trinajstić information content (AvgIpc) is 2.74. The number of thiophene rings is 1. The summed E-state index contributed by atoms with van der Waals surface area (Å²) >= 11 is 5.12. The molecule has 1 heterocycles. The van der Waals surface area contributed by atoms with Crippen LogP contribution >= 0.6 is 27.3 Å². The van der Waals surface area contributed by atoms with Crippen LogP contribution in [0.3, 0.4) is 0 Å². The molecule has 1 aromatic heterocycles. The molecule has 0 radical (unpaired) electrons. The van der Waals surface area contributed by atoms with Crippen molar-refractivity contribution in [3.8, 4) is 0 Å². The van der Waals surface area contributed by atoms with Gasteiger partial charge in [0.15, 0.2) is 0 Å². The Kier molecular flexibility index (Phi) is 4.37. The summed E-state index contributed by atoms with van der Waals surface area (Å²) < 4.78 is 1.11. The summed E-state index contributed by atoms with van der Waals surface area (Å²) in [6.45, 7) is 2.12. The van der Waals surface area contributed by atoms with Gasteiger partial charge in [-0.3, -0.25) is 0 Å². The third-order valence-corrected chi connectivity index (χ3v) is 4.46. The van der Waals surface area contributed by atoms with Crippen LogP contribution in [0.4, 0.5) is 0 Å². The molecule has 1 atom stereocenters. The van der Waals surface area contributed by atoms with Gasteiger partial charge < -0.3 is 5.11 Å². The molecule has 2 aromatic rings. The maximum Gasteiger partial charge on any atom is 0.0840 e. The van der Waals surface area contributed by atoms with Crippen molar-refractivity contribution in [1.82, 2.24) is 0 Å². The van der Waals surface area contributed by atoms with E-state index in [1.165, 1.54) is 10.4 Å². The van der Waals surface area contributed by atoms with Gasteiger partial charge in [0.2, 0.25) is 0 Å². The first-order chi connectivity index (χ1) is 8.20. The summed E-state index contributed by atoms with van der Waals surface area (Å²) in [5.74, 6) is 0. The standard InChI is InChI=1S/C14H15BrOS/c1-2-10-5-3-4-6-12(10)13(16)9-11-7-8-14(15)17-11/h3-8,13,16H,2,9H2,1H3. The van der Waals surface area contributed by atoms with Gasteiger partial charge in [0.25, 0.3) is 0 Å². The maximum atomic E-state index is 10.3. The summed E-state index contributed by atoms with van der Waals surface area (Å²) in [6, 6.07) is 12.2. The highest BCUT2D eigenvalue weighted by molar-refractivity contribution is 9.11. The van der Waals surface area contributed by atoms with Gasteiger partial charge in [-0.1, -0.05) is 31.2 Å². The van der Waals surface area contributed by atoms with Crippen molar-refractivity contribution in [3.05, 3.63) is 56.2 Å². The van der Waals surface area contributed by atoms with Crippen LogP contribution in [0.2, 0.25) is 0 Å². The Labute approximate surface area is 114 Å². The van der Waals surface area contributed by atoms with Crippen LogP contribution in [0.5, 0.6) is 0 Å². The number of rotatable bonds is 4. The minimum atomic E-state index is -0.406. The molecule has 90 valence electrons. The molecule has 0 aliphatic heterocycles. The number of benzene rings is 1. The van der Waals surface area contributed by atoms with E-state index in [-0.39, 0.29) is 0 Å². The monoisotopic (exact) mass is 310 g/mol. The van der Waals surface area contributed by atoms with E-state index in [0.717, 1.165) is 15.8 Å². The molecule has 1 N–H and O–H groups in total. The number of hydrogen-bond donors (Lipinski definition) is 1. The SMILES string of the molecule is CCc1ccccc1C(O)Cc1ccc(Br)s1. The molecule has 1 unspecified atom stereocenters. The molecule has 1 aromatic carbocycles. The van der Waals surface area contributed by atoms with Gasteiger partial charge in [-0.05, 0) is 45.6 Å². The summed E-state index contributed by atoms with van der Waals surface area (Å²) in [5, 5.41) is 10.3. The zero-order chi connectivity index (χ0) is 12.3. The van der Waals surface area contributed by atoms with Crippen molar-refractivity contribution in [2.75, 3.05) is 0 Å². The third-order valence-electron chi connectivity index (χ3n) is 2.82. The fraction of sp³-hybridized carbons (Fsp3) is 0.286. The number of halogens is 1. The molecule has 0 bridgehead atoms. The molecule has 2 rings (SSSR count). The smallest absolute Gasteiger partial charge is 0.0840 e. The second-order valence-corrected chi connectivity index (χ2v) is 6.53. The van der Waals surface area contributed by atoms with Crippen LogP contribution < -0.4 is 0 Å². The van der Waals surface area contributed by atoms with Crippen molar-refractivity contribution >= 4 is 27.3 Å². The lowest BCUT2D eigenvalue weighted by Gasteiger charge is -2.13. The Morgan fingerprint density at radius 3 is 2.65 bits per heavy atom. The Morgan fingerprint density at radius 1 is 1.24 bits per heavy atom. The predicted molar refractivity (Wildman–Crippen MR) is 76.5 cm³/mol. The normalized spacial score (nSPS) is 12.6. The molecule has 0 fully saturated rings. The fourth-order valence-corrected chi connectivity index (χ4v) is 3.46. The Hall–Kier alpha value is -0.640. The fourth-order valence-electron chi connectivity index (χ4n) is 1.94. The second-order valence-electron chi connectivity index (χ2n) is 3.98. The van der Waals surface area contributed by atoms with Crippen molar-refractivity contribution in [2.45, 2.75) is 25.9 Å². The van der Waals surface area contributed by atoms with Crippen LogP contribution in [0, 0.1) is 0 Å². The number of aryl methyl sites for hydroxylation is 1. The van der Waals surface area contributed by atoms with Crippen LogP contribution in [0.1, 0.15) is 29.0 Å². The summed E-state index contributed by atoms with van der Waals surface area (Å²) in [7, 11) is 0. The summed E-state index contributed by atoms with van der Waals surface area (Å²) in [6.07, 6.45) is 1.24. The molecule has 17 heavy (non-hydrogen) atoms. The first-order valence-corrected chi connectivity index (χ1v) is 7.31. The van der Waals surface area contributed by atoms with E-state index in [1.54, 1.807) is 11.3 Å². The highest BCUT2D eigenvalue weighted by atomic mass is 79.9. The highest BCUT2D eigenvalue weighted by Crippen LogP contribution is 2.28. The Morgan fingerprint density at radius 2 is 2.00 bits per heavy atom. The topological polar surface area (TPSA) is 20.2 Å². The lowest BCUT2D eigenvalue weighted by atomic mass is 9.98. The van der Waals surface area contributed by atoms with Crippen LogP contribution in [0.25, 0.3) is 0 Å². The minimum absolute atomic E-state index is 0.406. The Balaban J connectivity index is 2.16. The van der Waals surface area contributed by atoms with Gasteiger partial charge in [0.05, 0.1) is 9.89 Å².